The predicted octanol–water partition coefficient (Wildman–Crippen LogP) is 15.8. The van der Waals surface area contributed by atoms with Crippen LogP contribution in [0.2, 0.25) is 0 Å². The van der Waals surface area contributed by atoms with Gasteiger partial charge < -0.3 is 0 Å². The lowest BCUT2D eigenvalue weighted by molar-refractivity contribution is 1.58. The van der Waals surface area contributed by atoms with E-state index in [1.54, 1.807) is 0 Å². The molecule has 0 atom stereocenters. The monoisotopic (exact) mass is 708 g/mol. The summed E-state index contributed by atoms with van der Waals surface area (Å²) in [6, 6.07) is 80.5. The fourth-order valence-electron chi connectivity index (χ4n) is 9.05. The van der Waals surface area contributed by atoms with Crippen molar-refractivity contribution in [1.29, 1.82) is 0 Å². The quantitative estimate of drug-likeness (QED) is 0.123. The third-order valence-corrected chi connectivity index (χ3v) is 11.6. The molecule has 0 saturated heterocycles. The standard InChI is InChI=1S/C56H36/c1-2-16-38(17-3-1)55-49-25-10-12-27-51(49)56(52-28-13-11-26-50(52)55)44-31-32-46(43-30-29-37-15-4-5-18-39(37)33-43)53(36-44)40-20-14-21-41(34-40)54-35-42-19-6-7-22-45(42)47-23-8-9-24-48(47)54/h1-36H. The van der Waals surface area contributed by atoms with Crippen molar-refractivity contribution in [3.05, 3.63) is 218 Å². The zero-order chi connectivity index (χ0) is 37.0. The first kappa shape index (κ1) is 32.2. The van der Waals surface area contributed by atoms with Gasteiger partial charge in [-0.15, -0.1) is 0 Å². The molecule has 0 aromatic heterocycles. The molecule has 0 radical (unpaired) electrons. The summed E-state index contributed by atoms with van der Waals surface area (Å²) in [6.45, 7) is 0. The first-order valence-electron chi connectivity index (χ1n) is 19.4. The van der Waals surface area contributed by atoms with Crippen LogP contribution in [0.15, 0.2) is 218 Å². The van der Waals surface area contributed by atoms with E-state index in [0.717, 1.165) is 0 Å². The summed E-state index contributed by atoms with van der Waals surface area (Å²) in [6.07, 6.45) is 0. The van der Waals surface area contributed by atoms with Gasteiger partial charge in [-0.1, -0.05) is 194 Å². The highest BCUT2D eigenvalue weighted by atomic mass is 14.2. The Balaban J connectivity index is 1.18. The van der Waals surface area contributed by atoms with Gasteiger partial charge in [-0.2, -0.15) is 0 Å². The Morgan fingerprint density at radius 2 is 0.661 bits per heavy atom. The maximum absolute atomic E-state index is 2.44. The minimum Gasteiger partial charge on any atom is -0.0622 e. The Kier molecular flexibility index (Phi) is 7.60. The van der Waals surface area contributed by atoms with Gasteiger partial charge in [-0.3, -0.25) is 0 Å². The molecule has 0 heteroatoms. The minimum absolute atomic E-state index is 1.19. The van der Waals surface area contributed by atoms with Gasteiger partial charge in [0.1, 0.15) is 0 Å². The second-order valence-electron chi connectivity index (χ2n) is 14.8. The lowest BCUT2D eigenvalue weighted by Crippen LogP contribution is -1.93. The van der Waals surface area contributed by atoms with Gasteiger partial charge in [0.15, 0.2) is 0 Å². The van der Waals surface area contributed by atoms with E-state index in [-0.39, 0.29) is 0 Å². The Morgan fingerprint density at radius 3 is 1.36 bits per heavy atom. The average Bonchev–Trinajstić information content (AvgIpc) is 3.28. The molecule has 0 aliphatic carbocycles. The molecule has 0 bridgehead atoms. The number of fused-ring (bicyclic) bond motifs is 6. The normalized spacial score (nSPS) is 11.6. The maximum Gasteiger partial charge on any atom is -0.00261 e. The van der Waals surface area contributed by atoms with Gasteiger partial charge in [-0.05, 0) is 134 Å². The van der Waals surface area contributed by atoms with Gasteiger partial charge in [0.05, 0.1) is 0 Å². The maximum atomic E-state index is 2.44. The van der Waals surface area contributed by atoms with E-state index in [9.17, 15) is 0 Å². The van der Waals surface area contributed by atoms with Crippen LogP contribution >= 0.6 is 0 Å². The second-order valence-corrected chi connectivity index (χ2v) is 14.8. The molecule has 0 nitrogen and oxygen atoms in total. The van der Waals surface area contributed by atoms with Crippen LogP contribution in [-0.4, -0.2) is 0 Å². The average molecular weight is 709 g/mol. The summed E-state index contributed by atoms with van der Waals surface area (Å²) in [5, 5.41) is 12.6. The topological polar surface area (TPSA) is 0 Å². The molecule has 0 heterocycles. The fourth-order valence-corrected chi connectivity index (χ4v) is 9.05. The molecule has 0 fully saturated rings. The molecular formula is C56H36. The molecule has 11 aromatic rings. The largest absolute Gasteiger partial charge is 0.0622 e. The highest BCUT2D eigenvalue weighted by Crippen LogP contribution is 2.46. The van der Waals surface area contributed by atoms with E-state index in [1.807, 2.05) is 0 Å². The van der Waals surface area contributed by atoms with Gasteiger partial charge in [-0.25, -0.2) is 0 Å². The Morgan fingerprint density at radius 1 is 0.179 bits per heavy atom. The second kappa shape index (κ2) is 13.2. The van der Waals surface area contributed by atoms with Crippen LogP contribution in [0.5, 0.6) is 0 Å². The van der Waals surface area contributed by atoms with Crippen LogP contribution in [0.4, 0.5) is 0 Å². The molecule has 0 aliphatic rings. The third-order valence-electron chi connectivity index (χ3n) is 11.6. The summed E-state index contributed by atoms with van der Waals surface area (Å²) >= 11 is 0. The number of hydrogen-bond acceptors (Lipinski definition) is 0. The third kappa shape index (κ3) is 5.30. The lowest BCUT2D eigenvalue weighted by Gasteiger charge is -2.20. The van der Waals surface area contributed by atoms with Gasteiger partial charge in [0.2, 0.25) is 0 Å². The Hall–Kier alpha value is -7.28. The Bertz CT molecular complexity index is 3240. The Labute approximate surface area is 326 Å². The fraction of sp³-hybridized carbons (Fsp3) is 0. The van der Waals surface area contributed by atoms with E-state index in [1.165, 1.54) is 109 Å². The summed E-state index contributed by atoms with van der Waals surface area (Å²) in [4.78, 5) is 0. The molecule has 0 amide bonds. The van der Waals surface area contributed by atoms with Crippen LogP contribution in [0.3, 0.4) is 0 Å². The smallest absolute Gasteiger partial charge is 0.00261 e. The SMILES string of the molecule is c1ccc(-c2c3ccccc3c(-c3ccc(-c4ccc5ccccc5c4)c(-c4cccc(-c5cc6ccccc6c6ccccc56)c4)c3)c3ccccc23)cc1. The lowest BCUT2D eigenvalue weighted by atomic mass is 9.84. The van der Waals surface area contributed by atoms with Crippen molar-refractivity contribution in [3.8, 4) is 55.6 Å². The summed E-state index contributed by atoms with van der Waals surface area (Å²) in [7, 11) is 0. The highest BCUT2D eigenvalue weighted by Gasteiger charge is 2.19. The first-order valence-corrected chi connectivity index (χ1v) is 19.4. The van der Waals surface area contributed by atoms with Gasteiger partial charge in [0, 0.05) is 0 Å². The van der Waals surface area contributed by atoms with Crippen LogP contribution in [-0.2, 0) is 0 Å². The number of hydrogen-bond donors (Lipinski definition) is 0. The molecule has 0 N–H and O–H groups in total. The van der Waals surface area contributed by atoms with Crippen LogP contribution in [0, 0.1) is 0 Å². The minimum atomic E-state index is 1.19. The molecule has 0 aliphatic heterocycles. The van der Waals surface area contributed by atoms with Gasteiger partial charge in [0.25, 0.3) is 0 Å². The van der Waals surface area contributed by atoms with Crippen molar-refractivity contribution < 1.29 is 0 Å². The molecule has 11 aromatic carbocycles. The van der Waals surface area contributed by atoms with Gasteiger partial charge >= 0.3 is 0 Å². The molecule has 56 heavy (non-hydrogen) atoms. The van der Waals surface area contributed by atoms with E-state index in [0.29, 0.717) is 0 Å². The number of benzene rings is 11. The zero-order valence-electron chi connectivity index (χ0n) is 30.8. The van der Waals surface area contributed by atoms with Crippen LogP contribution in [0.25, 0.3) is 109 Å². The van der Waals surface area contributed by atoms with Crippen molar-refractivity contribution in [3.63, 3.8) is 0 Å². The molecule has 0 saturated carbocycles. The van der Waals surface area contributed by atoms with E-state index in [2.05, 4.69) is 218 Å². The molecule has 11 rings (SSSR count). The number of rotatable bonds is 5. The van der Waals surface area contributed by atoms with Crippen LogP contribution < -0.4 is 0 Å². The van der Waals surface area contributed by atoms with Crippen molar-refractivity contribution in [1.82, 2.24) is 0 Å². The van der Waals surface area contributed by atoms with E-state index < -0.39 is 0 Å². The van der Waals surface area contributed by atoms with Crippen molar-refractivity contribution in [2.45, 2.75) is 0 Å². The van der Waals surface area contributed by atoms with Crippen molar-refractivity contribution >= 4 is 53.9 Å². The molecule has 0 spiro atoms. The highest BCUT2D eigenvalue weighted by molar-refractivity contribution is 6.22. The van der Waals surface area contributed by atoms with Crippen molar-refractivity contribution in [2.24, 2.45) is 0 Å². The summed E-state index contributed by atoms with van der Waals surface area (Å²) in [5.41, 5.74) is 12.3. The molecule has 260 valence electrons. The molecule has 0 unspecified atom stereocenters. The predicted molar refractivity (Wildman–Crippen MR) is 241 cm³/mol. The first-order chi connectivity index (χ1) is 27.8. The van der Waals surface area contributed by atoms with Crippen molar-refractivity contribution in [2.75, 3.05) is 0 Å². The van der Waals surface area contributed by atoms with E-state index >= 15 is 0 Å². The van der Waals surface area contributed by atoms with Crippen LogP contribution in [0.1, 0.15) is 0 Å². The summed E-state index contributed by atoms with van der Waals surface area (Å²) < 4.78 is 0. The molecular weight excluding hydrogens is 673 g/mol. The zero-order valence-corrected chi connectivity index (χ0v) is 30.8. The van der Waals surface area contributed by atoms with E-state index in [4.69, 9.17) is 0 Å². The summed E-state index contributed by atoms with van der Waals surface area (Å²) in [5.74, 6) is 0.